The van der Waals surface area contributed by atoms with Crippen LogP contribution in [0.5, 0.6) is 0 Å². The van der Waals surface area contributed by atoms with E-state index in [9.17, 15) is 24.3 Å². The first kappa shape index (κ1) is 33.6. The van der Waals surface area contributed by atoms with Crippen LogP contribution in [0.2, 0.25) is 0 Å². The van der Waals surface area contributed by atoms with Crippen LogP contribution in [-0.4, -0.2) is 51.6 Å². The van der Waals surface area contributed by atoms with Crippen molar-refractivity contribution < 1.29 is 33.9 Å². The number of hydrogen-bond donors (Lipinski definition) is 2. The van der Waals surface area contributed by atoms with Gasteiger partial charge in [-0.05, 0) is 30.4 Å². The van der Waals surface area contributed by atoms with E-state index in [-0.39, 0.29) is 32.6 Å². The number of hydroxylamine groups is 1. The molecule has 1 aliphatic heterocycles. The summed E-state index contributed by atoms with van der Waals surface area (Å²) < 4.78 is 5.48. The number of carbonyl (C=O) groups is 4. The molecule has 0 radical (unpaired) electrons. The molecular weight excluding hydrogens is 550 g/mol. The zero-order valence-corrected chi connectivity index (χ0v) is 25.1. The van der Waals surface area contributed by atoms with Crippen molar-refractivity contribution in [2.24, 2.45) is 5.92 Å². The quantitative estimate of drug-likeness (QED) is 0.169. The Morgan fingerprint density at radius 1 is 0.884 bits per heavy atom. The van der Waals surface area contributed by atoms with Crippen LogP contribution in [0.1, 0.15) is 88.7 Å². The highest BCUT2D eigenvalue weighted by atomic mass is 16.6. The Hall–Kier alpha value is -3.92. The largest absolute Gasteiger partial charge is 0.480 e. The molecule has 0 saturated carbocycles. The Morgan fingerprint density at radius 2 is 1.49 bits per heavy atom. The van der Waals surface area contributed by atoms with E-state index in [0.717, 1.165) is 53.2 Å². The maximum atomic E-state index is 14.0. The number of hydrazine groups is 1. The van der Waals surface area contributed by atoms with E-state index < -0.39 is 35.8 Å². The monoisotopic (exact) mass is 595 g/mol. The van der Waals surface area contributed by atoms with Gasteiger partial charge in [0.2, 0.25) is 11.8 Å². The van der Waals surface area contributed by atoms with Gasteiger partial charge in [-0.3, -0.25) is 14.4 Å². The molecule has 234 valence electrons. The predicted molar refractivity (Wildman–Crippen MR) is 161 cm³/mol. The van der Waals surface area contributed by atoms with Crippen molar-refractivity contribution in [1.29, 1.82) is 0 Å². The van der Waals surface area contributed by atoms with Gasteiger partial charge in [0, 0.05) is 18.9 Å². The maximum absolute atomic E-state index is 14.0. The van der Waals surface area contributed by atoms with Crippen LogP contribution in [-0.2, 0) is 37.2 Å². The minimum atomic E-state index is -1.24. The molecule has 1 aliphatic rings. The molecule has 2 aromatic carbocycles. The second-order valence-electron chi connectivity index (χ2n) is 11.0. The van der Waals surface area contributed by atoms with Crippen molar-refractivity contribution in [2.45, 2.75) is 96.8 Å². The highest BCUT2D eigenvalue weighted by Gasteiger charge is 2.43. The second kappa shape index (κ2) is 18.6. The number of hydrogen-bond acceptors (Lipinski definition) is 6. The number of carboxylic acids is 1. The van der Waals surface area contributed by atoms with E-state index in [2.05, 4.69) is 12.4 Å². The Morgan fingerprint density at radius 3 is 2.12 bits per heavy atom. The molecule has 0 bridgehead atoms. The van der Waals surface area contributed by atoms with Crippen molar-refractivity contribution in [1.82, 2.24) is 15.5 Å². The van der Waals surface area contributed by atoms with Crippen molar-refractivity contribution in [3.8, 4) is 0 Å². The van der Waals surface area contributed by atoms with E-state index >= 15 is 0 Å². The number of amides is 3. The molecule has 0 unspecified atom stereocenters. The van der Waals surface area contributed by atoms with Crippen LogP contribution in [0, 0.1) is 5.92 Å². The lowest BCUT2D eigenvalue weighted by Crippen LogP contribution is -2.61. The van der Waals surface area contributed by atoms with Gasteiger partial charge in [0.15, 0.2) is 6.04 Å². The standard InChI is InChI=1S/C33H45N3O7/c1-2-3-4-5-6-7-14-20-28(23-30(37)34-43-25-27-18-12-9-13-19-27)31(38)36-29(32(39)40)21-15-22-35(36)33(41)42-24-26-16-10-8-11-17-26/h8-13,16-19,28-29H,2-7,14-15,20-25H2,1H3,(H,34,37)(H,39,40)/t28-,29-/m0/s1. The minimum absolute atomic E-state index is 0.0153. The molecule has 0 aliphatic carbocycles. The average Bonchev–Trinajstić information content (AvgIpc) is 3.02. The van der Waals surface area contributed by atoms with Gasteiger partial charge < -0.3 is 9.84 Å². The highest BCUT2D eigenvalue weighted by Crippen LogP contribution is 2.26. The molecule has 1 heterocycles. The van der Waals surface area contributed by atoms with Crippen LogP contribution in [0.15, 0.2) is 60.7 Å². The number of aliphatic carboxylic acids is 1. The van der Waals surface area contributed by atoms with E-state index in [1.54, 1.807) is 0 Å². The Balaban J connectivity index is 1.70. The van der Waals surface area contributed by atoms with Gasteiger partial charge in [-0.1, -0.05) is 113 Å². The molecule has 10 heteroatoms. The molecule has 2 aromatic rings. The van der Waals surface area contributed by atoms with Crippen molar-refractivity contribution in [3.05, 3.63) is 71.8 Å². The molecule has 3 amide bonds. The smallest absolute Gasteiger partial charge is 0.429 e. The van der Waals surface area contributed by atoms with Crippen LogP contribution < -0.4 is 5.48 Å². The first-order chi connectivity index (χ1) is 20.9. The fourth-order valence-electron chi connectivity index (χ4n) is 5.19. The molecule has 43 heavy (non-hydrogen) atoms. The van der Waals surface area contributed by atoms with Gasteiger partial charge in [0.1, 0.15) is 6.61 Å². The number of unbranched alkanes of at least 4 members (excludes halogenated alkanes) is 6. The summed E-state index contributed by atoms with van der Waals surface area (Å²) in [7, 11) is 0. The zero-order chi connectivity index (χ0) is 30.9. The van der Waals surface area contributed by atoms with Crippen LogP contribution in [0.4, 0.5) is 4.79 Å². The summed E-state index contributed by atoms with van der Waals surface area (Å²) in [5.74, 6) is -3.10. The van der Waals surface area contributed by atoms with Crippen LogP contribution >= 0.6 is 0 Å². The van der Waals surface area contributed by atoms with Crippen molar-refractivity contribution in [3.63, 3.8) is 0 Å². The predicted octanol–water partition coefficient (Wildman–Crippen LogP) is 6.01. The zero-order valence-electron chi connectivity index (χ0n) is 25.1. The van der Waals surface area contributed by atoms with Gasteiger partial charge in [0.05, 0.1) is 6.61 Å². The Labute approximate surface area is 254 Å². The fourth-order valence-corrected chi connectivity index (χ4v) is 5.19. The van der Waals surface area contributed by atoms with E-state index in [1.165, 1.54) is 6.42 Å². The number of rotatable bonds is 17. The average molecular weight is 596 g/mol. The number of carboxylic acid groups (broad SMARTS) is 1. The lowest BCUT2D eigenvalue weighted by Gasteiger charge is -2.42. The number of nitrogens with one attached hydrogen (secondary N) is 1. The summed E-state index contributed by atoms with van der Waals surface area (Å²) in [6.07, 6.45) is 7.21. The summed E-state index contributed by atoms with van der Waals surface area (Å²) in [5.41, 5.74) is 4.06. The summed E-state index contributed by atoms with van der Waals surface area (Å²) in [4.78, 5) is 57.7. The van der Waals surface area contributed by atoms with Gasteiger partial charge in [-0.25, -0.2) is 25.1 Å². The first-order valence-corrected chi connectivity index (χ1v) is 15.4. The SMILES string of the molecule is CCCCCCCCC[C@@H](CC(=O)NOCc1ccccc1)C(=O)N1[C@H](C(=O)O)CCCN1C(=O)OCc1ccccc1. The van der Waals surface area contributed by atoms with Crippen LogP contribution in [0.3, 0.4) is 0 Å². The fraction of sp³-hybridized carbons (Fsp3) is 0.515. The van der Waals surface area contributed by atoms with Gasteiger partial charge in [-0.2, -0.15) is 0 Å². The summed E-state index contributed by atoms with van der Waals surface area (Å²) in [5, 5.41) is 12.1. The van der Waals surface area contributed by atoms with Gasteiger partial charge in [-0.15, -0.1) is 0 Å². The van der Waals surface area contributed by atoms with Crippen molar-refractivity contribution >= 4 is 23.9 Å². The third-order valence-corrected chi connectivity index (χ3v) is 7.53. The molecule has 1 saturated heterocycles. The topological polar surface area (TPSA) is 125 Å². The van der Waals surface area contributed by atoms with Crippen molar-refractivity contribution in [2.75, 3.05) is 6.54 Å². The number of nitrogens with zero attached hydrogens (tertiary/aromatic N) is 2. The Bertz CT molecular complexity index is 1150. The molecule has 2 N–H and O–H groups in total. The number of benzene rings is 2. The lowest BCUT2D eigenvalue weighted by atomic mass is 9.94. The van der Waals surface area contributed by atoms with E-state index in [1.807, 2.05) is 60.7 Å². The molecule has 3 rings (SSSR count). The summed E-state index contributed by atoms with van der Waals surface area (Å²) >= 11 is 0. The van der Waals surface area contributed by atoms with Gasteiger partial charge in [0.25, 0.3) is 0 Å². The van der Waals surface area contributed by atoms with E-state index in [4.69, 9.17) is 9.57 Å². The summed E-state index contributed by atoms with van der Waals surface area (Å²) in [6.45, 7) is 2.45. The molecule has 0 spiro atoms. The minimum Gasteiger partial charge on any atom is -0.480 e. The van der Waals surface area contributed by atoms with Gasteiger partial charge >= 0.3 is 12.1 Å². The molecular formula is C33H45N3O7. The molecule has 0 aromatic heterocycles. The summed E-state index contributed by atoms with van der Waals surface area (Å²) in [6, 6.07) is 17.2. The lowest BCUT2D eigenvalue weighted by molar-refractivity contribution is -0.174. The number of carbonyl (C=O) groups excluding carboxylic acids is 3. The normalized spacial score (nSPS) is 15.5. The van der Waals surface area contributed by atoms with Crippen LogP contribution in [0.25, 0.3) is 0 Å². The molecule has 10 nitrogen and oxygen atoms in total. The molecule has 1 fully saturated rings. The Kier molecular flexibility index (Phi) is 14.5. The third-order valence-electron chi connectivity index (χ3n) is 7.53. The third kappa shape index (κ3) is 11.4. The molecule has 2 atom stereocenters. The second-order valence-corrected chi connectivity index (χ2v) is 11.0. The highest BCUT2D eigenvalue weighted by molar-refractivity contribution is 5.90. The maximum Gasteiger partial charge on any atom is 0.429 e. The van der Waals surface area contributed by atoms with E-state index in [0.29, 0.717) is 19.3 Å². The number of ether oxygens (including phenoxy) is 1. The first-order valence-electron chi connectivity index (χ1n) is 15.4.